The van der Waals surface area contributed by atoms with Gasteiger partial charge in [0.1, 0.15) is 5.82 Å². The Morgan fingerprint density at radius 3 is 2.63 bits per heavy atom. The van der Waals surface area contributed by atoms with Crippen molar-refractivity contribution in [2.24, 2.45) is 0 Å². The first-order valence-electron chi connectivity index (χ1n) is 6.71. The SMILES string of the molecule is C=CCN(c1cc(CNC(C)C)c(Cl)cn1)C(C)C. The van der Waals surface area contributed by atoms with E-state index in [4.69, 9.17) is 11.6 Å². The molecule has 0 aliphatic carbocycles. The minimum absolute atomic E-state index is 0.373. The Morgan fingerprint density at radius 1 is 1.42 bits per heavy atom. The highest BCUT2D eigenvalue weighted by atomic mass is 35.5. The molecule has 1 aromatic rings. The Balaban J connectivity index is 2.95. The standard InChI is InChI=1S/C15H24ClN3/c1-6-7-19(12(4)5)15-8-13(9-17-11(2)3)14(16)10-18-15/h6,8,10-12,17H,1,7,9H2,2-5H3. The van der Waals surface area contributed by atoms with E-state index in [2.05, 4.69) is 55.5 Å². The van der Waals surface area contributed by atoms with Crippen LogP contribution >= 0.6 is 11.6 Å². The largest absolute Gasteiger partial charge is 0.350 e. The molecule has 1 rings (SSSR count). The van der Waals surface area contributed by atoms with Crippen molar-refractivity contribution in [2.75, 3.05) is 11.4 Å². The fourth-order valence-electron chi connectivity index (χ4n) is 1.78. The second kappa shape index (κ2) is 7.51. The van der Waals surface area contributed by atoms with Crippen molar-refractivity contribution in [1.82, 2.24) is 10.3 Å². The van der Waals surface area contributed by atoms with Crippen molar-refractivity contribution in [3.05, 3.63) is 35.5 Å². The number of anilines is 1. The number of pyridine rings is 1. The Kier molecular flexibility index (Phi) is 6.32. The number of nitrogens with one attached hydrogen (secondary N) is 1. The van der Waals surface area contributed by atoms with E-state index < -0.39 is 0 Å². The Hall–Kier alpha value is -1.06. The molecule has 1 heterocycles. The lowest BCUT2D eigenvalue weighted by molar-refractivity contribution is 0.588. The van der Waals surface area contributed by atoms with Gasteiger partial charge in [-0.2, -0.15) is 0 Å². The van der Waals surface area contributed by atoms with Crippen LogP contribution in [0.25, 0.3) is 0 Å². The molecule has 0 amide bonds. The molecular weight excluding hydrogens is 258 g/mol. The molecule has 0 fully saturated rings. The molecule has 0 spiro atoms. The zero-order valence-electron chi connectivity index (χ0n) is 12.3. The van der Waals surface area contributed by atoms with Gasteiger partial charge < -0.3 is 10.2 Å². The third-order valence-corrected chi connectivity index (χ3v) is 3.20. The lowest BCUT2D eigenvalue weighted by Gasteiger charge is -2.27. The van der Waals surface area contributed by atoms with Gasteiger partial charge in [0.05, 0.1) is 5.02 Å². The minimum Gasteiger partial charge on any atom is -0.350 e. The molecule has 0 saturated heterocycles. The normalized spacial score (nSPS) is 11.1. The molecule has 0 bridgehead atoms. The summed E-state index contributed by atoms with van der Waals surface area (Å²) in [6.07, 6.45) is 3.62. The first kappa shape index (κ1) is 16.0. The molecule has 1 N–H and O–H groups in total. The smallest absolute Gasteiger partial charge is 0.129 e. The van der Waals surface area contributed by atoms with Gasteiger partial charge in [-0.1, -0.05) is 31.5 Å². The summed E-state index contributed by atoms with van der Waals surface area (Å²) in [6, 6.07) is 2.86. The number of aromatic nitrogens is 1. The van der Waals surface area contributed by atoms with Crippen molar-refractivity contribution in [3.63, 3.8) is 0 Å². The van der Waals surface area contributed by atoms with Crippen LogP contribution < -0.4 is 10.2 Å². The zero-order valence-corrected chi connectivity index (χ0v) is 13.0. The van der Waals surface area contributed by atoms with Crippen molar-refractivity contribution in [1.29, 1.82) is 0 Å². The number of nitrogens with zero attached hydrogens (tertiary/aromatic N) is 2. The Labute approximate surface area is 121 Å². The average Bonchev–Trinajstić information content (AvgIpc) is 2.34. The third kappa shape index (κ3) is 4.84. The van der Waals surface area contributed by atoms with E-state index >= 15 is 0 Å². The molecule has 106 valence electrons. The highest BCUT2D eigenvalue weighted by Gasteiger charge is 2.12. The number of rotatable bonds is 7. The molecule has 19 heavy (non-hydrogen) atoms. The zero-order chi connectivity index (χ0) is 14.4. The summed E-state index contributed by atoms with van der Waals surface area (Å²) >= 11 is 6.20. The highest BCUT2D eigenvalue weighted by molar-refractivity contribution is 6.31. The fourth-order valence-corrected chi connectivity index (χ4v) is 1.95. The number of halogens is 1. The van der Waals surface area contributed by atoms with Crippen LogP contribution in [0.15, 0.2) is 24.9 Å². The Morgan fingerprint density at radius 2 is 2.11 bits per heavy atom. The fraction of sp³-hybridized carbons (Fsp3) is 0.533. The van der Waals surface area contributed by atoms with Gasteiger partial charge in [0.2, 0.25) is 0 Å². The lowest BCUT2D eigenvalue weighted by Crippen LogP contribution is -2.31. The summed E-state index contributed by atoms with van der Waals surface area (Å²) in [6.45, 7) is 13.9. The molecule has 0 radical (unpaired) electrons. The van der Waals surface area contributed by atoms with Gasteiger partial charge in [-0.25, -0.2) is 4.98 Å². The quantitative estimate of drug-likeness (QED) is 0.774. The maximum atomic E-state index is 6.20. The summed E-state index contributed by atoms with van der Waals surface area (Å²) in [7, 11) is 0. The summed E-state index contributed by atoms with van der Waals surface area (Å²) in [5.74, 6) is 0.944. The van der Waals surface area contributed by atoms with Crippen LogP contribution in [-0.2, 0) is 6.54 Å². The van der Waals surface area contributed by atoms with Gasteiger partial charge in [0.25, 0.3) is 0 Å². The second-order valence-corrected chi connectivity index (χ2v) is 5.61. The third-order valence-electron chi connectivity index (χ3n) is 2.86. The number of hydrogen-bond acceptors (Lipinski definition) is 3. The van der Waals surface area contributed by atoms with E-state index in [1.165, 1.54) is 0 Å². The van der Waals surface area contributed by atoms with Crippen LogP contribution in [0, 0.1) is 0 Å². The van der Waals surface area contributed by atoms with Gasteiger partial charge in [-0.15, -0.1) is 6.58 Å². The maximum absolute atomic E-state index is 6.20. The molecule has 3 nitrogen and oxygen atoms in total. The lowest BCUT2D eigenvalue weighted by atomic mass is 10.2. The highest BCUT2D eigenvalue weighted by Crippen LogP contribution is 2.22. The summed E-state index contributed by atoms with van der Waals surface area (Å²) in [5, 5.41) is 4.09. The van der Waals surface area contributed by atoms with Crippen molar-refractivity contribution in [3.8, 4) is 0 Å². The molecule has 4 heteroatoms. The van der Waals surface area contributed by atoms with E-state index in [1.807, 2.05) is 6.08 Å². The second-order valence-electron chi connectivity index (χ2n) is 5.20. The first-order valence-corrected chi connectivity index (χ1v) is 7.08. The molecule has 0 aliphatic rings. The van der Waals surface area contributed by atoms with Crippen molar-refractivity contribution in [2.45, 2.75) is 46.3 Å². The number of hydrogen-bond donors (Lipinski definition) is 1. The summed E-state index contributed by atoms with van der Waals surface area (Å²) in [5.41, 5.74) is 1.08. The van der Waals surface area contributed by atoms with Crippen LogP contribution in [0.4, 0.5) is 5.82 Å². The van der Waals surface area contributed by atoms with E-state index in [1.54, 1.807) is 6.20 Å². The van der Waals surface area contributed by atoms with Crippen LogP contribution in [0.5, 0.6) is 0 Å². The predicted octanol–water partition coefficient (Wildman–Crippen LogP) is 3.63. The maximum Gasteiger partial charge on any atom is 0.129 e. The Bertz CT molecular complexity index is 416. The van der Waals surface area contributed by atoms with Crippen molar-refractivity contribution >= 4 is 17.4 Å². The van der Waals surface area contributed by atoms with Crippen molar-refractivity contribution < 1.29 is 0 Å². The van der Waals surface area contributed by atoms with Crippen LogP contribution in [0.1, 0.15) is 33.3 Å². The van der Waals surface area contributed by atoms with E-state index in [9.17, 15) is 0 Å². The monoisotopic (exact) mass is 281 g/mol. The minimum atomic E-state index is 0.373. The van der Waals surface area contributed by atoms with Gasteiger partial charge in [0, 0.05) is 31.4 Å². The van der Waals surface area contributed by atoms with Gasteiger partial charge in [-0.3, -0.25) is 0 Å². The van der Waals surface area contributed by atoms with Gasteiger partial charge >= 0.3 is 0 Å². The van der Waals surface area contributed by atoms with E-state index in [-0.39, 0.29) is 0 Å². The first-order chi connectivity index (χ1) is 8.95. The van der Waals surface area contributed by atoms with Crippen LogP contribution in [0.3, 0.4) is 0 Å². The van der Waals surface area contributed by atoms with E-state index in [0.717, 1.165) is 24.5 Å². The average molecular weight is 282 g/mol. The molecular formula is C15H24ClN3. The molecule has 0 saturated carbocycles. The van der Waals surface area contributed by atoms with Crippen LogP contribution in [-0.4, -0.2) is 23.6 Å². The predicted molar refractivity (Wildman–Crippen MR) is 83.9 cm³/mol. The molecule has 0 aliphatic heterocycles. The van der Waals surface area contributed by atoms with Gasteiger partial charge in [0.15, 0.2) is 0 Å². The molecule has 0 atom stereocenters. The molecule has 0 aromatic carbocycles. The molecule has 1 aromatic heterocycles. The molecule has 0 unspecified atom stereocenters. The van der Waals surface area contributed by atoms with Gasteiger partial charge in [-0.05, 0) is 25.5 Å². The summed E-state index contributed by atoms with van der Waals surface area (Å²) in [4.78, 5) is 6.62. The van der Waals surface area contributed by atoms with Crippen LogP contribution in [0.2, 0.25) is 5.02 Å². The topological polar surface area (TPSA) is 28.2 Å². The van der Waals surface area contributed by atoms with E-state index in [0.29, 0.717) is 17.1 Å². The summed E-state index contributed by atoms with van der Waals surface area (Å²) < 4.78 is 0.